The number of hydrogen-bond acceptors (Lipinski definition) is 0. The highest BCUT2D eigenvalue weighted by Crippen LogP contribution is 2.25. The van der Waals surface area contributed by atoms with Crippen LogP contribution in [0, 0.1) is 17.8 Å². The number of nitrogens with zero attached hydrogens (tertiary/aromatic N) is 1. The van der Waals surface area contributed by atoms with Crippen LogP contribution in [0.2, 0.25) is 0 Å². The van der Waals surface area contributed by atoms with Gasteiger partial charge < -0.3 is 0 Å². The van der Waals surface area contributed by atoms with E-state index in [1.54, 1.807) is 0 Å². The molecule has 1 heterocycles. The summed E-state index contributed by atoms with van der Waals surface area (Å²) in [5, 5.41) is 0. The molecule has 0 aliphatic carbocycles. The smallest absolute Gasteiger partial charge is 0.176 e. The molecule has 92 valence electrons. The van der Waals surface area contributed by atoms with E-state index in [4.69, 9.17) is 0 Å². The van der Waals surface area contributed by atoms with Crippen LogP contribution in [-0.2, 0) is 0 Å². The van der Waals surface area contributed by atoms with Crippen molar-refractivity contribution in [3.8, 4) is 0 Å². The van der Waals surface area contributed by atoms with Crippen LogP contribution in [0.3, 0.4) is 0 Å². The molecule has 0 aromatic heterocycles. The molecule has 1 rings (SSSR count). The Hall–Kier alpha value is -0.590. The van der Waals surface area contributed by atoms with Gasteiger partial charge in [-0.15, -0.1) is 0 Å². The van der Waals surface area contributed by atoms with Gasteiger partial charge in [-0.25, -0.2) is 4.58 Å². The third-order valence-electron chi connectivity index (χ3n) is 3.62. The summed E-state index contributed by atoms with van der Waals surface area (Å²) >= 11 is 0. The Morgan fingerprint density at radius 2 is 2.00 bits per heavy atom. The number of allylic oxidation sites excluding steroid dienone is 1. The molecule has 1 nitrogen and oxygen atoms in total. The average molecular weight is 222 g/mol. The molecule has 0 fully saturated rings. The predicted molar refractivity (Wildman–Crippen MR) is 72.0 cm³/mol. The Morgan fingerprint density at radius 1 is 1.38 bits per heavy atom. The molecule has 1 unspecified atom stereocenters. The molecular formula is C15H28N+. The lowest BCUT2D eigenvalue weighted by Gasteiger charge is -2.24. The molecule has 16 heavy (non-hydrogen) atoms. The molecule has 0 saturated carbocycles. The Morgan fingerprint density at radius 3 is 2.44 bits per heavy atom. The molecule has 1 aliphatic heterocycles. The standard InChI is InChI=1S/C15H28N/c1-11(2)9-15-7-8-16(13(5)10-15)14(6)12(3)4/h11-12,15H,6-10H2,1-5H3/q+1. The average Bonchev–Trinajstić information content (AvgIpc) is 2.15. The fraction of sp³-hybridized carbons (Fsp3) is 0.800. The lowest BCUT2D eigenvalue weighted by Crippen LogP contribution is -2.30. The molecule has 0 bridgehead atoms. The van der Waals surface area contributed by atoms with Crippen LogP contribution in [0.4, 0.5) is 0 Å². The first kappa shape index (κ1) is 13.5. The predicted octanol–water partition coefficient (Wildman–Crippen LogP) is 4.09. The van der Waals surface area contributed by atoms with E-state index in [0.717, 1.165) is 11.8 Å². The van der Waals surface area contributed by atoms with Gasteiger partial charge in [-0.05, 0) is 24.8 Å². The van der Waals surface area contributed by atoms with Crippen molar-refractivity contribution in [1.29, 1.82) is 0 Å². The number of rotatable bonds is 4. The minimum Gasteiger partial charge on any atom is -0.204 e. The first-order valence-corrected chi connectivity index (χ1v) is 6.70. The van der Waals surface area contributed by atoms with Crippen molar-refractivity contribution in [3.05, 3.63) is 12.3 Å². The van der Waals surface area contributed by atoms with E-state index >= 15 is 0 Å². The molecule has 0 saturated heterocycles. The molecule has 1 heteroatoms. The molecular weight excluding hydrogens is 194 g/mol. The zero-order valence-corrected chi connectivity index (χ0v) is 11.7. The zero-order valence-electron chi connectivity index (χ0n) is 11.7. The van der Waals surface area contributed by atoms with Gasteiger partial charge in [-0.1, -0.05) is 27.7 Å². The summed E-state index contributed by atoms with van der Waals surface area (Å²) < 4.78 is 2.45. The highest BCUT2D eigenvalue weighted by molar-refractivity contribution is 5.78. The molecule has 0 N–H and O–H groups in total. The van der Waals surface area contributed by atoms with Crippen LogP contribution in [-0.4, -0.2) is 16.8 Å². The summed E-state index contributed by atoms with van der Waals surface area (Å²) in [4.78, 5) is 0. The first-order valence-electron chi connectivity index (χ1n) is 6.70. The molecule has 0 radical (unpaired) electrons. The van der Waals surface area contributed by atoms with Crippen LogP contribution in [0.1, 0.15) is 53.9 Å². The van der Waals surface area contributed by atoms with Gasteiger partial charge in [0.25, 0.3) is 0 Å². The monoisotopic (exact) mass is 222 g/mol. The van der Waals surface area contributed by atoms with Gasteiger partial charge in [0.05, 0.1) is 0 Å². The van der Waals surface area contributed by atoms with Crippen molar-refractivity contribution in [2.45, 2.75) is 53.9 Å². The molecule has 0 aromatic carbocycles. The first-order chi connectivity index (χ1) is 7.41. The third-order valence-corrected chi connectivity index (χ3v) is 3.62. The summed E-state index contributed by atoms with van der Waals surface area (Å²) in [6.45, 7) is 16.8. The van der Waals surface area contributed by atoms with Crippen molar-refractivity contribution in [2.24, 2.45) is 17.8 Å². The van der Waals surface area contributed by atoms with Gasteiger partial charge in [0.2, 0.25) is 0 Å². The van der Waals surface area contributed by atoms with E-state index < -0.39 is 0 Å². The van der Waals surface area contributed by atoms with E-state index in [2.05, 4.69) is 45.8 Å². The second-order valence-corrected chi connectivity index (χ2v) is 6.02. The third kappa shape index (κ3) is 3.47. The summed E-state index contributed by atoms with van der Waals surface area (Å²) in [7, 11) is 0. The maximum Gasteiger partial charge on any atom is 0.176 e. The van der Waals surface area contributed by atoms with Crippen LogP contribution < -0.4 is 0 Å². The van der Waals surface area contributed by atoms with Crippen molar-refractivity contribution in [1.82, 2.24) is 0 Å². The second kappa shape index (κ2) is 5.65. The van der Waals surface area contributed by atoms with Crippen LogP contribution in [0.5, 0.6) is 0 Å². The van der Waals surface area contributed by atoms with E-state index in [1.165, 1.54) is 37.2 Å². The maximum atomic E-state index is 4.22. The zero-order chi connectivity index (χ0) is 12.3. The topological polar surface area (TPSA) is 3.01 Å². The van der Waals surface area contributed by atoms with Gasteiger partial charge >= 0.3 is 0 Å². The molecule has 1 aliphatic rings. The highest BCUT2D eigenvalue weighted by Gasteiger charge is 2.27. The van der Waals surface area contributed by atoms with Gasteiger partial charge in [0.15, 0.2) is 11.4 Å². The van der Waals surface area contributed by atoms with E-state index in [1.807, 2.05) is 0 Å². The fourth-order valence-corrected chi connectivity index (χ4v) is 2.70. The normalized spacial score (nSPS) is 22.1. The number of hydrogen-bond donors (Lipinski definition) is 0. The Bertz CT molecular complexity index is 284. The molecule has 0 amide bonds. The summed E-state index contributed by atoms with van der Waals surface area (Å²) in [6, 6.07) is 0. The highest BCUT2D eigenvalue weighted by atomic mass is 15.0. The van der Waals surface area contributed by atoms with Crippen molar-refractivity contribution in [2.75, 3.05) is 6.54 Å². The van der Waals surface area contributed by atoms with Crippen LogP contribution in [0.15, 0.2) is 12.3 Å². The van der Waals surface area contributed by atoms with Gasteiger partial charge in [0, 0.05) is 25.7 Å². The lowest BCUT2D eigenvalue weighted by atomic mass is 9.87. The molecule has 0 aromatic rings. The Labute approximate surface area is 101 Å². The van der Waals surface area contributed by atoms with E-state index in [0.29, 0.717) is 5.92 Å². The lowest BCUT2D eigenvalue weighted by molar-refractivity contribution is -0.492. The summed E-state index contributed by atoms with van der Waals surface area (Å²) in [6.07, 6.45) is 3.98. The molecule has 0 spiro atoms. The van der Waals surface area contributed by atoms with Crippen LogP contribution in [0.25, 0.3) is 0 Å². The largest absolute Gasteiger partial charge is 0.204 e. The summed E-state index contributed by atoms with van der Waals surface area (Å²) in [5.74, 6) is 2.30. The maximum absolute atomic E-state index is 4.22. The summed E-state index contributed by atoms with van der Waals surface area (Å²) in [5.41, 5.74) is 2.82. The fourth-order valence-electron chi connectivity index (χ4n) is 2.70. The van der Waals surface area contributed by atoms with Crippen molar-refractivity contribution < 1.29 is 4.58 Å². The minimum atomic E-state index is 0.566. The Balaban J connectivity index is 2.66. The molecule has 1 atom stereocenters. The van der Waals surface area contributed by atoms with Crippen molar-refractivity contribution >= 4 is 5.71 Å². The Kier molecular flexibility index (Phi) is 4.76. The second-order valence-electron chi connectivity index (χ2n) is 6.02. The van der Waals surface area contributed by atoms with Gasteiger partial charge in [0.1, 0.15) is 6.54 Å². The quantitative estimate of drug-likeness (QED) is 0.630. The SMILES string of the molecule is C=C(C(C)C)[N+]1=C(C)CC(CC(C)C)CC1. The van der Waals surface area contributed by atoms with Gasteiger partial charge in [-0.3, -0.25) is 0 Å². The minimum absolute atomic E-state index is 0.566. The van der Waals surface area contributed by atoms with Crippen LogP contribution >= 0.6 is 0 Å². The van der Waals surface area contributed by atoms with E-state index in [9.17, 15) is 0 Å². The van der Waals surface area contributed by atoms with E-state index in [-0.39, 0.29) is 0 Å². The van der Waals surface area contributed by atoms with Crippen molar-refractivity contribution in [3.63, 3.8) is 0 Å². The van der Waals surface area contributed by atoms with Gasteiger partial charge in [-0.2, -0.15) is 0 Å².